The summed E-state index contributed by atoms with van der Waals surface area (Å²) >= 11 is 6.23. The molecule has 1 saturated heterocycles. The molecule has 3 amide bonds. The van der Waals surface area contributed by atoms with Crippen LogP contribution in [0.1, 0.15) is 58.3 Å². The minimum absolute atomic E-state index is 0.0144. The molecule has 2 aliphatic heterocycles. The number of nitrogens with one attached hydrogen (secondary N) is 1. The van der Waals surface area contributed by atoms with Crippen molar-refractivity contribution in [2.75, 3.05) is 24.5 Å². The van der Waals surface area contributed by atoms with Gasteiger partial charge in [-0.05, 0) is 57.1 Å². The summed E-state index contributed by atoms with van der Waals surface area (Å²) in [4.78, 5) is 42.6. The highest BCUT2D eigenvalue weighted by atomic mass is 35.5. The van der Waals surface area contributed by atoms with Gasteiger partial charge in [0, 0.05) is 31.1 Å². The van der Waals surface area contributed by atoms with Crippen molar-refractivity contribution in [2.45, 2.75) is 83.8 Å². The topological polar surface area (TPSA) is 88.2 Å². The number of halogens is 1. The van der Waals surface area contributed by atoms with Crippen LogP contribution >= 0.6 is 11.6 Å². The first-order chi connectivity index (χ1) is 16.0. The summed E-state index contributed by atoms with van der Waals surface area (Å²) in [5.41, 5.74) is 0.243. The number of anilines is 1. The monoisotopic (exact) mass is 523 g/mol. The molecule has 194 valence electrons. The Morgan fingerprint density at radius 1 is 1.17 bits per heavy atom. The Morgan fingerprint density at radius 3 is 2.43 bits per heavy atom. The van der Waals surface area contributed by atoms with Gasteiger partial charge < -0.3 is 24.3 Å². The number of ether oxygens (including phenoxy) is 1. The van der Waals surface area contributed by atoms with Gasteiger partial charge >= 0.3 is 6.09 Å². The molecule has 35 heavy (non-hydrogen) atoms. The standard InChI is InChI=1S/C25H38ClN3O5Si/c1-24(2,3)33-23(32)27-11-12-28-19-10-9-16(26)13-18(19)21(30)29-15-17(14-20(29)22(28)31)34-35(7,8)25(4,5)6/h9-10,13,17,20H,11-12,14-15H2,1-8H3,(H,27,32)/t17-,20+/m1/s1. The number of hydrogen-bond donors (Lipinski definition) is 1. The zero-order valence-corrected chi connectivity index (χ0v) is 23.8. The van der Waals surface area contributed by atoms with Gasteiger partial charge in [-0.25, -0.2) is 4.79 Å². The molecule has 1 N–H and O–H groups in total. The van der Waals surface area contributed by atoms with E-state index >= 15 is 0 Å². The molecular formula is C25H38ClN3O5Si. The predicted molar refractivity (Wildman–Crippen MR) is 140 cm³/mol. The maximum absolute atomic E-state index is 13.7. The first-order valence-electron chi connectivity index (χ1n) is 12.1. The summed E-state index contributed by atoms with van der Waals surface area (Å²) in [7, 11) is -2.09. The van der Waals surface area contributed by atoms with Gasteiger partial charge in [-0.1, -0.05) is 32.4 Å². The Bertz CT molecular complexity index is 1000. The lowest BCUT2D eigenvalue weighted by Crippen LogP contribution is -2.47. The summed E-state index contributed by atoms with van der Waals surface area (Å²) in [6, 6.07) is 4.32. The fraction of sp³-hybridized carbons (Fsp3) is 0.640. The molecule has 2 heterocycles. The highest BCUT2D eigenvalue weighted by Crippen LogP contribution is 2.40. The lowest BCUT2D eigenvalue weighted by atomic mass is 10.1. The van der Waals surface area contributed by atoms with E-state index in [9.17, 15) is 14.4 Å². The van der Waals surface area contributed by atoms with Gasteiger partial charge in [0.2, 0.25) is 5.91 Å². The van der Waals surface area contributed by atoms with E-state index in [1.807, 2.05) is 0 Å². The summed E-state index contributed by atoms with van der Waals surface area (Å²) < 4.78 is 11.9. The molecule has 0 saturated carbocycles. The van der Waals surface area contributed by atoms with E-state index in [2.05, 4.69) is 39.2 Å². The highest BCUT2D eigenvalue weighted by molar-refractivity contribution is 6.74. The van der Waals surface area contributed by atoms with Gasteiger partial charge in [0.05, 0.1) is 17.4 Å². The molecule has 0 bridgehead atoms. The molecular weight excluding hydrogens is 486 g/mol. The van der Waals surface area contributed by atoms with E-state index in [0.717, 1.165) is 0 Å². The number of benzene rings is 1. The number of nitrogens with zero attached hydrogens (tertiary/aromatic N) is 2. The number of amides is 3. The Labute approximate surface area is 214 Å². The van der Waals surface area contributed by atoms with Crippen molar-refractivity contribution in [3.63, 3.8) is 0 Å². The predicted octanol–water partition coefficient (Wildman–Crippen LogP) is 4.82. The second-order valence-electron chi connectivity index (χ2n) is 11.8. The zero-order chi connectivity index (χ0) is 26.3. The lowest BCUT2D eigenvalue weighted by Gasteiger charge is -2.38. The Balaban J connectivity index is 1.84. The maximum Gasteiger partial charge on any atom is 0.407 e. The molecule has 0 radical (unpaired) electrons. The second kappa shape index (κ2) is 9.75. The molecule has 1 fully saturated rings. The number of alkyl carbamates (subject to hydrolysis) is 1. The van der Waals surface area contributed by atoms with Gasteiger partial charge in [0.15, 0.2) is 8.32 Å². The molecule has 0 unspecified atom stereocenters. The van der Waals surface area contributed by atoms with Crippen LogP contribution in [-0.2, 0) is 14.0 Å². The smallest absolute Gasteiger partial charge is 0.407 e. The van der Waals surface area contributed by atoms with Gasteiger partial charge in [-0.2, -0.15) is 0 Å². The van der Waals surface area contributed by atoms with Crippen LogP contribution in [0.3, 0.4) is 0 Å². The molecule has 0 aromatic heterocycles. The largest absolute Gasteiger partial charge is 0.444 e. The first-order valence-corrected chi connectivity index (χ1v) is 15.4. The minimum atomic E-state index is -2.09. The fourth-order valence-electron chi connectivity index (χ4n) is 4.12. The molecule has 1 aromatic carbocycles. The summed E-state index contributed by atoms with van der Waals surface area (Å²) in [5, 5.41) is 3.13. The second-order valence-corrected chi connectivity index (χ2v) is 17.0. The van der Waals surface area contributed by atoms with Crippen LogP contribution < -0.4 is 10.2 Å². The quantitative estimate of drug-likeness (QED) is 0.559. The van der Waals surface area contributed by atoms with Crippen molar-refractivity contribution >= 4 is 43.5 Å². The van der Waals surface area contributed by atoms with Gasteiger partial charge in [0.25, 0.3) is 5.91 Å². The summed E-state index contributed by atoms with van der Waals surface area (Å²) in [6.07, 6.45) is -0.330. The number of carbonyl (C=O) groups is 3. The molecule has 1 aromatic rings. The van der Waals surface area contributed by atoms with E-state index < -0.39 is 26.1 Å². The third-order valence-electron chi connectivity index (χ3n) is 6.83. The van der Waals surface area contributed by atoms with E-state index in [1.54, 1.807) is 48.8 Å². The van der Waals surface area contributed by atoms with Crippen LogP contribution in [0.4, 0.5) is 10.5 Å². The SMILES string of the molecule is CC(C)(C)OC(=O)NCCN1C(=O)[C@@H]2C[C@@H](O[Si](C)(C)C(C)(C)C)CN2C(=O)c2cc(Cl)ccc21. The van der Waals surface area contributed by atoms with Gasteiger partial charge in [-0.15, -0.1) is 0 Å². The van der Waals surface area contributed by atoms with Crippen LogP contribution in [0.25, 0.3) is 0 Å². The van der Waals surface area contributed by atoms with Crippen molar-refractivity contribution in [1.82, 2.24) is 10.2 Å². The molecule has 0 spiro atoms. The first kappa shape index (κ1) is 27.5. The molecule has 2 atom stereocenters. The number of rotatable bonds is 5. The molecule has 0 aliphatic carbocycles. The number of hydrogen-bond acceptors (Lipinski definition) is 5. The highest BCUT2D eigenvalue weighted by Gasteiger charge is 2.48. The summed E-state index contributed by atoms with van der Waals surface area (Å²) in [6.45, 7) is 16.9. The van der Waals surface area contributed by atoms with Crippen LogP contribution in [0.2, 0.25) is 23.2 Å². The molecule has 2 aliphatic rings. The zero-order valence-electron chi connectivity index (χ0n) is 22.0. The Kier molecular flexibility index (Phi) is 7.65. The van der Waals surface area contributed by atoms with Crippen molar-refractivity contribution in [3.05, 3.63) is 28.8 Å². The lowest BCUT2D eigenvalue weighted by molar-refractivity contribution is -0.122. The number of carbonyl (C=O) groups excluding carboxylic acids is 3. The minimum Gasteiger partial charge on any atom is -0.444 e. The average Bonchev–Trinajstić information content (AvgIpc) is 3.08. The van der Waals surface area contributed by atoms with Crippen LogP contribution in [-0.4, -0.2) is 68.5 Å². The maximum atomic E-state index is 13.7. The van der Waals surface area contributed by atoms with Crippen molar-refractivity contribution < 1.29 is 23.5 Å². The van der Waals surface area contributed by atoms with Crippen LogP contribution in [0, 0.1) is 0 Å². The van der Waals surface area contributed by atoms with Crippen LogP contribution in [0.5, 0.6) is 0 Å². The van der Waals surface area contributed by atoms with Gasteiger partial charge in [-0.3, -0.25) is 9.59 Å². The third kappa shape index (κ3) is 6.18. The molecule has 8 nitrogen and oxygen atoms in total. The summed E-state index contributed by atoms with van der Waals surface area (Å²) in [5.74, 6) is -0.420. The van der Waals surface area contributed by atoms with Crippen LogP contribution in [0.15, 0.2) is 18.2 Å². The molecule has 10 heteroatoms. The number of fused-ring (bicyclic) bond motifs is 2. The van der Waals surface area contributed by atoms with E-state index in [1.165, 1.54) is 0 Å². The van der Waals surface area contributed by atoms with E-state index in [4.69, 9.17) is 20.8 Å². The Morgan fingerprint density at radius 2 is 1.83 bits per heavy atom. The van der Waals surface area contributed by atoms with E-state index in [-0.39, 0.29) is 36.0 Å². The third-order valence-corrected chi connectivity index (χ3v) is 11.6. The normalized spacial score (nSPS) is 20.9. The van der Waals surface area contributed by atoms with Gasteiger partial charge in [0.1, 0.15) is 11.6 Å². The van der Waals surface area contributed by atoms with Crippen molar-refractivity contribution in [2.24, 2.45) is 0 Å². The Hall–Kier alpha value is -2.10. The van der Waals surface area contributed by atoms with E-state index in [0.29, 0.717) is 29.2 Å². The van der Waals surface area contributed by atoms with Crippen molar-refractivity contribution in [3.8, 4) is 0 Å². The average molecular weight is 524 g/mol. The fourth-order valence-corrected chi connectivity index (χ4v) is 5.65. The van der Waals surface area contributed by atoms with Crippen molar-refractivity contribution in [1.29, 1.82) is 0 Å². The molecule has 3 rings (SSSR count).